The molecule has 18 heavy (non-hydrogen) atoms. The van der Waals surface area contributed by atoms with E-state index in [4.69, 9.17) is 0 Å². The van der Waals surface area contributed by atoms with E-state index in [0.717, 1.165) is 18.4 Å². The molecular weight excluding hydrogens is 228 g/mol. The van der Waals surface area contributed by atoms with Crippen LogP contribution in [0.3, 0.4) is 0 Å². The zero-order valence-corrected chi connectivity index (χ0v) is 10.1. The first-order valence-electron chi connectivity index (χ1n) is 6.39. The van der Waals surface area contributed by atoms with Gasteiger partial charge in [0.25, 0.3) is 0 Å². The normalized spacial score (nSPS) is 25.7. The lowest BCUT2D eigenvalue weighted by Crippen LogP contribution is -2.50. The van der Waals surface area contributed by atoms with E-state index in [0.29, 0.717) is 13.0 Å². The van der Waals surface area contributed by atoms with Crippen LogP contribution in [0.5, 0.6) is 0 Å². The minimum Gasteiger partial charge on any atom is -0.354 e. The molecule has 1 heterocycles. The predicted octanol–water partition coefficient (Wildman–Crippen LogP) is 0.721. The first kappa shape index (κ1) is 11.3. The maximum atomic E-state index is 12.1. The summed E-state index contributed by atoms with van der Waals surface area (Å²) in [5.41, 5.74) is 2.42. The highest BCUT2D eigenvalue weighted by Crippen LogP contribution is 2.34. The molecule has 2 atom stereocenters. The number of piperidine rings is 1. The Hall–Kier alpha value is -1.84. The van der Waals surface area contributed by atoms with Crippen LogP contribution in [0.2, 0.25) is 0 Å². The van der Waals surface area contributed by atoms with Crippen molar-refractivity contribution >= 4 is 11.8 Å². The molecule has 0 aromatic heterocycles. The summed E-state index contributed by atoms with van der Waals surface area (Å²) in [4.78, 5) is 23.1. The van der Waals surface area contributed by atoms with Gasteiger partial charge in [0.15, 0.2) is 0 Å². The summed E-state index contributed by atoms with van der Waals surface area (Å²) in [5, 5.41) is 5.81. The van der Waals surface area contributed by atoms with Gasteiger partial charge < -0.3 is 10.6 Å². The van der Waals surface area contributed by atoms with Crippen LogP contribution in [-0.2, 0) is 16.0 Å². The second-order valence-corrected chi connectivity index (χ2v) is 5.00. The second kappa shape index (κ2) is 4.44. The Morgan fingerprint density at radius 2 is 2.17 bits per heavy atom. The smallest absolute Gasteiger partial charge is 0.228 e. The summed E-state index contributed by atoms with van der Waals surface area (Å²) in [6, 6.07) is 8.15. The standard InChI is InChI=1S/C14H16N2O2/c17-13-6-5-10(8-15-13)16-14(18)12-7-9-3-1-2-4-11(9)12/h1-4,10,12H,5-8H2,(H,15,17)(H,16,18). The number of benzene rings is 1. The SMILES string of the molecule is O=C1CCC(NC(=O)C2Cc3ccccc32)CN1. The van der Waals surface area contributed by atoms with Gasteiger partial charge in [0.1, 0.15) is 0 Å². The van der Waals surface area contributed by atoms with Crippen molar-refractivity contribution in [2.45, 2.75) is 31.2 Å². The fourth-order valence-corrected chi connectivity index (χ4v) is 2.65. The Morgan fingerprint density at radius 1 is 1.33 bits per heavy atom. The van der Waals surface area contributed by atoms with Gasteiger partial charge in [-0.15, -0.1) is 0 Å². The van der Waals surface area contributed by atoms with Crippen LogP contribution >= 0.6 is 0 Å². The lowest BCUT2D eigenvalue weighted by molar-refractivity contribution is -0.126. The van der Waals surface area contributed by atoms with Gasteiger partial charge >= 0.3 is 0 Å². The molecule has 1 aromatic carbocycles. The lowest BCUT2D eigenvalue weighted by Gasteiger charge is -2.31. The van der Waals surface area contributed by atoms with Crippen LogP contribution < -0.4 is 10.6 Å². The number of fused-ring (bicyclic) bond motifs is 1. The fraction of sp³-hybridized carbons (Fsp3) is 0.429. The Kier molecular flexibility index (Phi) is 2.78. The molecule has 4 heteroatoms. The van der Waals surface area contributed by atoms with E-state index in [1.54, 1.807) is 0 Å². The highest BCUT2D eigenvalue weighted by Gasteiger charge is 2.33. The van der Waals surface area contributed by atoms with Crippen molar-refractivity contribution in [1.29, 1.82) is 0 Å². The number of rotatable bonds is 2. The molecule has 1 fully saturated rings. The summed E-state index contributed by atoms with van der Waals surface area (Å²) in [5.74, 6) is 0.170. The highest BCUT2D eigenvalue weighted by atomic mass is 16.2. The van der Waals surface area contributed by atoms with Crippen LogP contribution in [0.15, 0.2) is 24.3 Å². The first-order valence-corrected chi connectivity index (χ1v) is 6.39. The van der Waals surface area contributed by atoms with Crippen LogP contribution in [0.4, 0.5) is 0 Å². The van der Waals surface area contributed by atoms with Gasteiger partial charge in [-0.25, -0.2) is 0 Å². The van der Waals surface area contributed by atoms with Crippen molar-refractivity contribution in [1.82, 2.24) is 10.6 Å². The molecule has 2 unspecified atom stereocenters. The largest absolute Gasteiger partial charge is 0.354 e. The number of hydrogen-bond donors (Lipinski definition) is 2. The molecule has 0 spiro atoms. The maximum Gasteiger partial charge on any atom is 0.228 e. The van der Waals surface area contributed by atoms with E-state index in [2.05, 4.69) is 16.7 Å². The van der Waals surface area contributed by atoms with Crippen LogP contribution in [0.25, 0.3) is 0 Å². The van der Waals surface area contributed by atoms with Crippen LogP contribution in [0.1, 0.15) is 29.9 Å². The molecule has 0 bridgehead atoms. The quantitative estimate of drug-likeness (QED) is 0.805. The second-order valence-electron chi connectivity index (χ2n) is 5.00. The van der Waals surface area contributed by atoms with Crippen molar-refractivity contribution in [2.24, 2.45) is 0 Å². The van der Waals surface area contributed by atoms with Crippen molar-refractivity contribution < 1.29 is 9.59 Å². The molecule has 94 valence electrons. The average molecular weight is 244 g/mol. The van der Waals surface area contributed by atoms with Gasteiger partial charge in [-0.3, -0.25) is 9.59 Å². The number of nitrogens with one attached hydrogen (secondary N) is 2. The topological polar surface area (TPSA) is 58.2 Å². The summed E-state index contributed by atoms with van der Waals surface area (Å²) in [6.07, 6.45) is 2.08. The van der Waals surface area contributed by atoms with E-state index in [-0.39, 0.29) is 23.8 Å². The van der Waals surface area contributed by atoms with Crippen molar-refractivity contribution in [3.05, 3.63) is 35.4 Å². The summed E-state index contributed by atoms with van der Waals surface area (Å²) >= 11 is 0. The minimum atomic E-state index is -0.00109. The predicted molar refractivity (Wildman–Crippen MR) is 67.1 cm³/mol. The Morgan fingerprint density at radius 3 is 2.89 bits per heavy atom. The highest BCUT2D eigenvalue weighted by molar-refractivity contribution is 5.87. The van der Waals surface area contributed by atoms with E-state index in [1.807, 2.05) is 18.2 Å². The summed E-state index contributed by atoms with van der Waals surface area (Å²) in [7, 11) is 0. The van der Waals surface area contributed by atoms with E-state index in [9.17, 15) is 9.59 Å². The molecule has 1 aliphatic heterocycles. The summed E-state index contributed by atoms with van der Waals surface area (Å²) in [6.45, 7) is 0.555. The molecule has 0 radical (unpaired) electrons. The van der Waals surface area contributed by atoms with Gasteiger partial charge in [0.05, 0.1) is 5.92 Å². The molecule has 1 saturated heterocycles. The van der Waals surface area contributed by atoms with Crippen molar-refractivity contribution in [2.75, 3.05) is 6.54 Å². The molecular formula is C14H16N2O2. The van der Waals surface area contributed by atoms with Gasteiger partial charge in [0.2, 0.25) is 11.8 Å². The maximum absolute atomic E-state index is 12.1. The fourth-order valence-electron chi connectivity index (χ4n) is 2.65. The Labute approximate surface area is 106 Å². The number of amides is 2. The molecule has 2 N–H and O–H groups in total. The molecule has 1 aromatic rings. The third-order valence-electron chi connectivity index (χ3n) is 3.78. The lowest BCUT2D eigenvalue weighted by atomic mass is 9.77. The van der Waals surface area contributed by atoms with Crippen molar-refractivity contribution in [3.8, 4) is 0 Å². The molecule has 2 amide bonds. The van der Waals surface area contributed by atoms with E-state index in [1.165, 1.54) is 5.56 Å². The average Bonchev–Trinajstić information content (AvgIpc) is 2.34. The molecule has 0 saturated carbocycles. The molecule has 3 rings (SSSR count). The number of carbonyl (C=O) groups is 2. The third kappa shape index (κ3) is 1.98. The monoisotopic (exact) mass is 244 g/mol. The van der Waals surface area contributed by atoms with Crippen LogP contribution in [-0.4, -0.2) is 24.4 Å². The van der Waals surface area contributed by atoms with E-state index >= 15 is 0 Å². The summed E-state index contributed by atoms with van der Waals surface area (Å²) < 4.78 is 0. The molecule has 1 aliphatic carbocycles. The van der Waals surface area contributed by atoms with Gasteiger partial charge in [0, 0.05) is 19.0 Å². The zero-order valence-electron chi connectivity index (χ0n) is 10.1. The zero-order chi connectivity index (χ0) is 12.5. The number of hydrogen-bond acceptors (Lipinski definition) is 2. The van der Waals surface area contributed by atoms with Crippen molar-refractivity contribution in [3.63, 3.8) is 0 Å². The van der Waals surface area contributed by atoms with Gasteiger partial charge in [-0.05, 0) is 24.0 Å². The Balaban J connectivity index is 1.59. The van der Waals surface area contributed by atoms with Gasteiger partial charge in [-0.2, -0.15) is 0 Å². The van der Waals surface area contributed by atoms with Gasteiger partial charge in [-0.1, -0.05) is 24.3 Å². The Bertz CT molecular complexity index is 488. The number of carbonyl (C=O) groups excluding carboxylic acids is 2. The minimum absolute atomic E-state index is 0.00109. The third-order valence-corrected chi connectivity index (χ3v) is 3.78. The van der Waals surface area contributed by atoms with Crippen LogP contribution in [0, 0.1) is 0 Å². The van der Waals surface area contributed by atoms with E-state index < -0.39 is 0 Å². The molecule has 4 nitrogen and oxygen atoms in total. The first-order chi connectivity index (χ1) is 8.74. The molecule has 2 aliphatic rings.